The van der Waals surface area contributed by atoms with Crippen LogP contribution in [0.15, 0.2) is 53.0 Å². The van der Waals surface area contributed by atoms with Crippen molar-refractivity contribution in [2.24, 2.45) is 0 Å². The number of nitro groups is 1. The van der Waals surface area contributed by atoms with E-state index in [1.807, 2.05) is 29.6 Å². The number of pyridine rings is 1. The minimum absolute atomic E-state index is 0.0130. The number of nitrogens with zero attached hydrogens (tertiary/aromatic N) is 3. The fourth-order valence-electron chi connectivity index (χ4n) is 1.91. The molecule has 0 saturated carbocycles. The molecule has 2 aromatic heterocycles. The van der Waals surface area contributed by atoms with Gasteiger partial charge in [-0.15, -0.1) is 11.3 Å². The molecule has 0 N–H and O–H groups in total. The largest absolute Gasteiger partial charge is 0.301 e. The van der Waals surface area contributed by atoms with E-state index < -0.39 is 4.92 Å². The smallest absolute Gasteiger partial charge is 0.258 e. The van der Waals surface area contributed by atoms with E-state index in [0.29, 0.717) is 15.8 Å². The lowest BCUT2D eigenvalue weighted by Gasteiger charge is -2.00. The van der Waals surface area contributed by atoms with Gasteiger partial charge in [-0.2, -0.15) is 0 Å². The van der Waals surface area contributed by atoms with Gasteiger partial charge in [0, 0.05) is 29.0 Å². The first-order valence-corrected chi connectivity index (χ1v) is 8.81. The van der Waals surface area contributed by atoms with Crippen LogP contribution in [0.3, 0.4) is 0 Å². The van der Waals surface area contributed by atoms with Crippen LogP contribution in [-0.2, 0) is 5.75 Å². The summed E-state index contributed by atoms with van der Waals surface area (Å²) in [5.74, 6) is 0.513. The van der Waals surface area contributed by atoms with E-state index in [0.717, 1.165) is 16.3 Å². The Balaban J connectivity index is 1.76. The molecule has 0 aliphatic carbocycles. The lowest BCUT2D eigenvalue weighted by molar-refractivity contribution is -0.388. The monoisotopic (exact) mass is 363 g/mol. The highest BCUT2D eigenvalue weighted by molar-refractivity contribution is 7.98. The summed E-state index contributed by atoms with van der Waals surface area (Å²) < 4.78 is 0. The number of thioether (sulfide) groups is 1. The van der Waals surface area contributed by atoms with Gasteiger partial charge in [0.05, 0.1) is 15.6 Å². The van der Waals surface area contributed by atoms with Crippen LogP contribution < -0.4 is 0 Å². The summed E-state index contributed by atoms with van der Waals surface area (Å²) in [5, 5.41) is 14.8. The van der Waals surface area contributed by atoms with Crippen LogP contribution in [0, 0.1) is 10.1 Å². The van der Waals surface area contributed by atoms with Crippen molar-refractivity contribution >= 4 is 40.4 Å². The second-order valence-corrected chi connectivity index (χ2v) is 6.73. The van der Waals surface area contributed by atoms with Crippen molar-refractivity contribution in [1.29, 1.82) is 0 Å². The molecular weight excluding hydrogens is 354 g/mol. The Morgan fingerprint density at radius 1 is 1.26 bits per heavy atom. The highest BCUT2D eigenvalue weighted by Crippen LogP contribution is 2.33. The van der Waals surface area contributed by atoms with Crippen molar-refractivity contribution in [2.75, 3.05) is 0 Å². The maximum atomic E-state index is 11.0. The molecule has 3 aromatic rings. The average Bonchev–Trinajstić information content (AvgIpc) is 3.02. The molecule has 2 heterocycles. The second-order valence-electron chi connectivity index (χ2n) is 4.50. The predicted molar refractivity (Wildman–Crippen MR) is 93.0 cm³/mol. The number of halogens is 1. The van der Waals surface area contributed by atoms with E-state index in [4.69, 9.17) is 11.6 Å². The molecular formula is C15H10ClN3O2S2. The second kappa shape index (κ2) is 7.08. The topological polar surface area (TPSA) is 68.9 Å². The quantitative estimate of drug-likeness (QED) is 0.360. The zero-order valence-electron chi connectivity index (χ0n) is 11.7. The Morgan fingerprint density at radius 3 is 2.87 bits per heavy atom. The molecule has 0 radical (unpaired) electrons. The summed E-state index contributed by atoms with van der Waals surface area (Å²) in [6, 6.07) is 10.5. The summed E-state index contributed by atoms with van der Waals surface area (Å²) >= 11 is 8.97. The minimum atomic E-state index is -0.425. The van der Waals surface area contributed by atoms with Crippen LogP contribution in [0.5, 0.6) is 0 Å². The van der Waals surface area contributed by atoms with Gasteiger partial charge < -0.3 is 0 Å². The number of thiazole rings is 1. The number of hydrogen-bond acceptors (Lipinski definition) is 6. The lowest BCUT2D eigenvalue weighted by Crippen LogP contribution is -1.93. The molecule has 0 amide bonds. The standard InChI is InChI=1S/C15H10ClN3O2S2/c16-12-5-2-1-4-11(12)14-18-10(8-22-14)9-23-15-13(19(20)21)6-3-7-17-15/h1-8H,9H2. The summed E-state index contributed by atoms with van der Waals surface area (Å²) in [4.78, 5) is 19.2. The Bertz CT molecular complexity index is 854. The number of rotatable bonds is 5. The summed E-state index contributed by atoms with van der Waals surface area (Å²) in [6.07, 6.45) is 1.55. The van der Waals surface area contributed by atoms with E-state index in [9.17, 15) is 10.1 Å². The van der Waals surface area contributed by atoms with Crippen molar-refractivity contribution in [3.8, 4) is 10.6 Å². The van der Waals surface area contributed by atoms with Gasteiger partial charge in [0.2, 0.25) is 0 Å². The van der Waals surface area contributed by atoms with E-state index in [1.54, 1.807) is 12.3 Å². The first kappa shape index (κ1) is 15.9. The summed E-state index contributed by atoms with van der Waals surface area (Å²) in [6.45, 7) is 0. The van der Waals surface area contributed by atoms with Crippen LogP contribution >= 0.6 is 34.7 Å². The Hall–Kier alpha value is -1.96. The van der Waals surface area contributed by atoms with Crippen molar-refractivity contribution in [3.05, 3.63) is 68.8 Å². The van der Waals surface area contributed by atoms with Gasteiger partial charge in [0.15, 0.2) is 5.03 Å². The molecule has 0 atom stereocenters. The molecule has 0 aliphatic rings. The molecule has 5 nitrogen and oxygen atoms in total. The van der Waals surface area contributed by atoms with Gasteiger partial charge in [0.25, 0.3) is 0 Å². The third kappa shape index (κ3) is 3.69. The Kier molecular flexibility index (Phi) is 4.90. The summed E-state index contributed by atoms with van der Waals surface area (Å²) in [5.41, 5.74) is 1.74. The number of hydrogen-bond donors (Lipinski definition) is 0. The molecule has 0 saturated heterocycles. The zero-order chi connectivity index (χ0) is 16.2. The molecule has 8 heteroatoms. The van der Waals surface area contributed by atoms with E-state index in [2.05, 4.69) is 9.97 Å². The highest BCUT2D eigenvalue weighted by Gasteiger charge is 2.15. The molecule has 0 bridgehead atoms. The van der Waals surface area contributed by atoms with Crippen molar-refractivity contribution < 1.29 is 4.92 Å². The lowest BCUT2D eigenvalue weighted by atomic mass is 10.2. The van der Waals surface area contributed by atoms with Gasteiger partial charge in [0.1, 0.15) is 5.01 Å². The number of benzene rings is 1. The Labute approximate surface area is 145 Å². The molecule has 0 aliphatic heterocycles. The SMILES string of the molecule is O=[N+]([O-])c1cccnc1SCc1csc(-c2ccccc2Cl)n1. The van der Waals surface area contributed by atoms with Crippen LogP contribution in [-0.4, -0.2) is 14.9 Å². The third-order valence-electron chi connectivity index (χ3n) is 2.96. The molecule has 0 unspecified atom stereocenters. The van der Waals surface area contributed by atoms with Gasteiger partial charge in [-0.25, -0.2) is 9.97 Å². The first-order valence-electron chi connectivity index (χ1n) is 6.56. The minimum Gasteiger partial charge on any atom is -0.258 e. The predicted octanol–water partition coefficient (Wildman–Crippen LogP) is 5.06. The van der Waals surface area contributed by atoms with Crippen LogP contribution in [0.2, 0.25) is 5.02 Å². The van der Waals surface area contributed by atoms with Crippen LogP contribution in [0.1, 0.15) is 5.69 Å². The van der Waals surface area contributed by atoms with E-state index >= 15 is 0 Å². The molecule has 116 valence electrons. The van der Waals surface area contributed by atoms with Crippen molar-refractivity contribution in [3.63, 3.8) is 0 Å². The van der Waals surface area contributed by atoms with Gasteiger partial charge in [-0.05, 0) is 12.1 Å². The maximum absolute atomic E-state index is 11.0. The van der Waals surface area contributed by atoms with Crippen molar-refractivity contribution in [1.82, 2.24) is 9.97 Å². The maximum Gasteiger partial charge on any atom is 0.301 e. The third-order valence-corrected chi connectivity index (χ3v) is 5.24. The fourth-order valence-corrected chi connectivity index (χ4v) is 4.01. The molecule has 1 aromatic carbocycles. The van der Waals surface area contributed by atoms with Crippen LogP contribution in [0.4, 0.5) is 5.69 Å². The first-order chi connectivity index (χ1) is 11.1. The average molecular weight is 364 g/mol. The number of aromatic nitrogens is 2. The summed E-state index contributed by atoms with van der Waals surface area (Å²) in [7, 11) is 0. The molecule has 3 rings (SSSR count). The highest BCUT2D eigenvalue weighted by atomic mass is 35.5. The van der Waals surface area contributed by atoms with Gasteiger partial charge >= 0.3 is 5.69 Å². The zero-order valence-corrected chi connectivity index (χ0v) is 14.1. The Morgan fingerprint density at radius 2 is 2.09 bits per heavy atom. The van der Waals surface area contributed by atoms with Crippen LogP contribution in [0.25, 0.3) is 10.6 Å². The molecule has 0 spiro atoms. The van der Waals surface area contributed by atoms with Gasteiger partial charge in [-0.1, -0.05) is 41.6 Å². The van der Waals surface area contributed by atoms with Crippen molar-refractivity contribution in [2.45, 2.75) is 10.8 Å². The fraction of sp³-hybridized carbons (Fsp3) is 0.0667. The van der Waals surface area contributed by atoms with E-state index in [1.165, 1.54) is 29.2 Å². The van der Waals surface area contributed by atoms with E-state index in [-0.39, 0.29) is 5.69 Å². The van der Waals surface area contributed by atoms with Gasteiger partial charge in [-0.3, -0.25) is 10.1 Å². The molecule has 23 heavy (non-hydrogen) atoms. The normalized spacial score (nSPS) is 10.7. The molecule has 0 fully saturated rings.